The van der Waals surface area contributed by atoms with E-state index in [1.807, 2.05) is 47.8 Å². The fraction of sp³-hybridized carbons (Fsp3) is 0.250. The van der Waals surface area contributed by atoms with Crippen LogP contribution in [-0.2, 0) is 5.75 Å². The monoisotopic (exact) mass is 388 g/mol. The highest BCUT2D eigenvalue weighted by Crippen LogP contribution is 2.39. The van der Waals surface area contributed by atoms with Crippen molar-refractivity contribution in [3.05, 3.63) is 70.3 Å². The van der Waals surface area contributed by atoms with Gasteiger partial charge in [-0.1, -0.05) is 12.1 Å². The van der Waals surface area contributed by atoms with Crippen molar-refractivity contribution in [3.8, 4) is 11.5 Å². The maximum atomic E-state index is 12.6. The second-order valence-corrected chi connectivity index (χ2v) is 7.74. The highest BCUT2D eigenvalue weighted by Gasteiger charge is 2.20. The number of carbonyl (C=O) groups excluding carboxylic acids is 1. The molecule has 3 rings (SSSR count). The predicted molar refractivity (Wildman–Crippen MR) is 106 cm³/mol. The fourth-order valence-corrected chi connectivity index (χ4v) is 4.42. The summed E-state index contributed by atoms with van der Waals surface area (Å²) in [5.41, 5.74) is 1.03. The number of ketones is 1. The Morgan fingerprint density at radius 1 is 1.15 bits per heavy atom. The number of thioether (sulfide) groups is 1. The molecule has 1 atom stereocenters. The Balaban J connectivity index is 1.82. The summed E-state index contributed by atoms with van der Waals surface area (Å²) < 4.78 is 16.2. The molecule has 0 saturated heterocycles. The molecule has 2 heterocycles. The van der Waals surface area contributed by atoms with Crippen molar-refractivity contribution < 1.29 is 18.7 Å². The second kappa shape index (κ2) is 8.96. The topological polar surface area (TPSA) is 48.7 Å². The minimum absolute atomic E-state index is 0.00509. The lowest BCUT2D eigenvalue weighted by Gasteiger charge is -2.18. The summed E-state index contributed by atoms with van der Waals surface area (Å²) in [6, 6.07) is 13.4. The van der Waals surface area contributed by atoms with Gasteiger partial charge in [-0.15, -0.1) is 23.1 Å². The van der Waals surface area contributed by atoms with Gasteiger partial charge in [0.2, 0.25) is 0 Å². The molecular weight excluding hydrogens is 368 g/mol. The first-order valence-electron chi connectivity index (χ1n) is 8.14. The van der Waals surface area contributed by atoms with Crippen LogP contribution in [0.2, 0.25) is 0 Å². The molecule has 0 amide bonds. The first-order valence-corrected chi connectivity index (χ1v) is 10.1. The molecule has 6 heteroatoms. The first-order chi connectivity index (χ1) is 12.7. The van der Waals surface area contributed by atoms with Crippen LogP contribution in [-0.4, -0.2) is 20.0 Å². The molecule has 4 nitrogen and oxygen atoms in total. The molecule has 1 aromatic carbocycles. The van der Waals surface area contributed by atoms with Crippen LogP contribution in [0.5, 0.6) is 11.5 Å². The lowest BCUT2D eigenvalue weighted by Crippen LogP contribution is -2.05. The largest absolute Gasteiger partial charge is 0.493 e. The van der Waals surface area contributed by atoms with Crippen LogP contribution in [0.3, 0.4) is 0 Å². The average molecular weight is 389 g/mol. The predicted octanol–water partition coefficient (Wildman–Crippen LogP) is 5.61. The van der Waals surface area contributed by atoms with Gasteiger partial charge in [0.05, 0.1) is 31.1 Å². The van der Waals surface area contributed by atoms with E-state index in [1.165, 1.54) is 11.3 Å². The standard InChI is InChI=1S/C20H20O4S2/c1-22-17-8-7-14(11-18(17)23-2)20(26-13-15-5-3-9-24-15)12-16(21)19-6-4-10-25-19/h3-11,20H,12-13H2,1-2H3/t20-/m1/s1. The molecular formula is C20H20O4S2. The van der Waals surface area contributed by atoms with Crippen LogP contribution in [0.1, 0.15) is 32.7 Å². The van der Waals surface area contributed by atoms with Crippen LogP contribution in [0.4, 0.5) is 0 Å². The molecule has 0 saturated carbocycles. The van der Waals surface area contributed by atoms with Gasteiger partial charge >= 0.3 is 0 Å². The Kier molecular flexibility index (Phi) is 6.41. The maximum Gasteiger partial charge on any atom is 0.174 e. The summed E-state index contributed by atoms with van der Waals surface area (Å²) in [5.74, 6) is 3.08. The fourth-order valence-electron chi connectivity index (χ4n) is 2.61. The highest BCUT2D eigenvalue weighted by atomic mass is 32.2. The summed E-state index contributed by atoms with van der Waals surface area (Å²) in [7, 11) is 3.23. The zero-order valence-electron chi connectivity index (χ0n) is 14.6. The Morgan fingerprint density at radius 2 is 2.00 bits per heavy atom. The second-order valence-electron chi connectivity index (χ2n) is 5.60. The molecule has 0 unspecified atom stereocenters. The molecule has 0 aliphatic heterocycles. The van der Waals surface area contributed by atoms with E-state index in [0.717, 1.165) is 16.2 Å². The number of hydrogen-bond donors (Lipinski definition) is 0. The number of thiophene rings is 1. The molecule has 3 aromatic rings. The van der Waals surface area contributed by atoms with Crippen molar-refractivity contribution in [1.29, 1.82) is 0 Å². The first kappa shape index (κ1) is 18.6. The summed E-state index contributed by atoms with van der Waals surface area (Å²) in [6.45, 7) is 0. The number of carbonyl (C=O) groups is 1. The van der Waals surface area contributed by atoms with E-state index in [4.69, 9.17) is 13.9 Å². The SMILES string of the molecule is COc1ccc([C@@H](CC(=O)c2cccs2)SCc2ccco2)cc1OC. The van der Waals surface area contributed by atoms with Crippen LogP contribution in [0, 0.1) is 0 Å². The quantitative estimate of drug-likeness (QED) is 0.446. The lowest BCUT2D eigenvalue weighted by atomic mass is 10.1. The molecule has 0 radical (unpaired) electrons. The third kappa shape index (κ3) is 4.51. The summed E-state index contributed by atoms with van der Waals surface area (Å²) in [4.78, 5) is 13.4. The third-order valence-electron chi connectivity index (χ3n) is 3.95. The Morgan fingerprint density at radius 3 is 2.65 bits per heavy atom. The summed E-state index contributed by atoms with van der Waals surface area (Å²) in [6.07, 6.45) is 2.08. The van der Waals surface area contributed by atoms with E-state index in [1.54, 1.807) is 32.2 Å². The van der Waals surface area contributed by atoms with Crippen molar-refractivity contribution >= 4 is 28.9 Å². The lowest BCUT2D eigenvalue weighted by molar-refractivity contribution is 0.0986. The van der Waals surface area contributed by atoms with Crippen LogP contribution >= 0.6 is 23.1 Å². The van der Waals surface area contributed by atoms with E-state index in [9.17, 15) is 4.79 Å². The average Bonchev–Trinajstić information content (AvgIpc) is 3.38. The zero-order valence-corrected chi connectivity index (χ0v) is 16.3. The minimum Gasteiger partial charge on any atom is -0.493 e. The minimum atomic E-state index is -0.00509. The molecule has 2 aromatic heterocycles. The van der Waals surface area contributed by atoms with Gasteiger partial charge in [0.1, 0.15) is 5.76 Å². The number of Topliss-reactive ketones (excluding diaryl/α,β-unsaturated/α-hetero) is 1. The molecule has 0 aliphatic rings. The maximum absolute atomic E-state index is 12.6. The van der Waals surface area contributed by atoms with Gasteiger partial charge in [0.25, 0.3) is 0 Å². The van der Waals surface area contributed by atoms with Gasteiger partial charge in [-0.3, -0.25) is 4.79 Å². The summed E-state index contributed by atoms with van der Waals surface area (Å²) >= 11 is 3.16. The van der Waals surface area contributed by atoms with E-state index in [2.05, 4.69) is 0 Å². The van der Waals surface area contributed by atoms with Gasteiger partial charge < -0.3 is 13.9 Å². The molecule has 0 aliphatic carbocycles. The van der Waals surface area contributed by atoms with Crippen LogP contribution < -0.4 is 9.47 Å². The van der Waals surface area contributed by atoms with E-state index < -0.39 is 0 Å². The van der Waals surface area contributed by atoms with Gasteiger partial charge in [-0.05, 0) is 41.3 Å². The normalized spacial score (nSPS) is 11.9. The summed E-state index contributed by atoms with van der Waals surface area (Å²) in [5, 5.41) is 1.92. The van der Waals surface area contributed by atoms with Crippen molar-refractivity contribution in [1.82, 2.24) is 0 Å². The van der Waals surface area contributed by atoms with Gasteiger partial charge in [-0.2, -0.15) is 0 Å². The number of methoxy groups -OCH3 is 2. The van der Waals surface area contributed by atoms with Crippen molar-refractivity contribution in [2.24, 2.45) is 0 Å². The van der Waals surface area contributed by atoms with E-state index in [0.29, 0.717) is 23.7 Å². The number of furan rings is 1. The van der Waals surface area contributed by atoms with Crippen molar-refractivity contribution in [2.75, 3.05) is 14.2 Å². The van der Waals surface area contributed by atoms with E-state index in [-0.39, 0.29) is 11.0 Å². The number of rotatable bonds is 9. The van der Waals surface area contributed by atoms with Crippen LogP contribution in [0.15, 0.2) is 58.5 Å². The smallest absolute Gasteiger partial charge is 0.174 e. The third-order valence-corrected chi connectivity index (χ3v) is 6.16. The van der Waals surface area contributed by atoms with Gasteiger partial charge in [-0.25, -0.2) is 0 Å². The Hall–Kier alpha value is -2.18. The highest BCUT2D eigenvalue weighted by molar-refractivity contribution is 7.98. The number of ether oxygens (including phenoxy) is 2. The molecule has 0 fully saturated rings. The Bertz CT molecular complexity index is 826. The molecule has 0 bridgehead atoms. The van der Waals surface area contributed by atoms with E-state index >= 15 is 0 Å². The van der Waals surface area contributed by atoms with Crippen molar-refractivity contribution in [3.63, 3.8) is 0 Å². The van der Waals surface area contributed by atoms with Crippen LogP contribution in [0.25, 0.3) is 0 Å². The molecule has 136 valence electrons. The number of hydrogen-bond acceptors (Lipinski definition) is 6. The zero-order chi connectivity index (χ0) is 18.4. The van der Waals surface area contributed by atoms with Crippen molar-refractivity contribution in [2.45, 2.75) is 17.4 Å². The van der Waals surface area contributed by atoms with Gasteiger partial charge in [0, 0.05) is 11.7 Å². The molecule has 26 heavy (non-hydrogen) atoms. The molecule has 0 N–H and O–H groups in total. The molecule has 0 spiro atoms. The van der Waals surface area contributed by atoms with Gasteiger partial charge in [0.15, 0.2) is 17.3 Å². The Labute approximate surface area is 161 Å². The number of benzene rings is 1.